The molecule has 1 aromatic carbocycles. The third-order valence-corrected chi connectivity index (χ3v) is 3.97. The van der Waals surface area contributed by atoms with Crippen LogP contribution in [0.2, 0.25) is 0 Å². The summed E-state index contributed by atoms with van der Waals surface area (Å²) >= 11 is 0. The summed E-state index contributed by atoms with van der Waals surface area (Å²) in [7, 11) is 0. The number of aromatic amines is 1. The largest absolute Gasteiger partial charge is 0.490 e. The molecule has 29 heavy (non-hydrogen) atoms. The van der Waals surface area contributed by atoms with Gasteiger partial charge in [-0.1, -0.05) is 12.1 Å². The van der Waals surface area contributed by atoms with Gasteiger partial charge in [-0.05, 0) is 29.7 Å². The highest BCUT2D eigenvalue weighted by atomic mass is 19.4. The Morgan fingerprint density at radius 2 is 2.03 bits per heavy atom. The molecule has 7 nitrogen and oxygen atoms in total. The monoisotopic (exact) mass is 408 g/mol. The number of halogens is 3. The van der Waals surface area contributed by atoms with Crippen LogP contribution in [-0.4, -0.2) is 36.8 Å². The standard InChI is InChI=1S/C19H15F3N2O5/c20-19(21,22)16-14(8-15(17(23)25)18(26)24-16)11-2-4-12(5-3-11)29-10-13-9-27-6-1-7-28-13/h2-5,8,13H,6,9-10H2,(H2,23,25)(H,24,26)/t13-/m0/s1. The molecule has 1 amide bonds. The Kier molecular flexibility index (Phi) is 5.79. The van der Waals surface area contributed by atoms with E-state index in [1.807, 2.05) is 0 Å². The number of H-pyrrole nitrogens is 1. The predicted octanol–water partition coefficient (Wildman–Crippen LogP) is 1.91. The molecule has 1 aliphatic heterocycles. The van der Waals surface area contributed by atoms with E-state index in [1.54, 1.807) is 4.98 Å². The highest BCUT2D eigenvalue weighted by Crippen LogP contribution is 2.35. The van der Waals surface area contributed by atoms with Crippen molar-refractivity contribution < 1.29 is 32.2 Å². The molecule has 0 spiro atoms. The second kappa shape index (κ2) is 8.28. The highest BCUT2D eigenvalue weighted by molar-refractivity contribution is 5.93. The van der Waals surface area contributed by atoms with Crippen molar-refractivity contribution in [2.24, 2.45) is 5.73 Å². The molecule has 10 heteroatoms. The van der Waals surface area contributed by atoms with Gasteiger partial charge < -0.3 is 24.9 Å². The number of amides is 1. The molecular weight excluding hydrogens is 393 g/mol. The molecule has 0 fully saturated rings. The molecule has 3 rings (SSSR count). The smallest absolute Gasteiger partial charge is 0.431 e. The van der Waals surface area contributed by atoms with Crippen LogP contribution in [0.5, 0.6) is 5.75 Å². The van der Waals surface area contributed by atoms with E-state index in [9.17, 15) is 22.8 Å². The van der Waals surface area contributed by atoms with E-state index in [4.69, 9.17) is 19.9 Å². The van der Waals surface area contributed by atoms with Crippen LogP contribution in [0.3, 0.4) is 0 Å². The van der Waals surface area contributed by atoms with E-state index in [-0.39, 0.29) is 30.9 Å². The quantitative estimate of drug-likeness (QED) is 0.736. The lowest BCUT2D eigenvalue weighted by atomic mass is 10.0. The number of carbonyl (C=O) groups excluding carboxylic acids is 1. The van der Waals surface area contributed by atoms with Gasteiger partial charge in [0.2, 0.25) is 0 Å². The first-order valence-electron chi connectivity index (χ1n) is 8.34. The molecule has 0 aliphatic carbocycles. The molecule has 0 radical (unpaired) electrons. The minimum absolute atomic E-state index is 0.114. The lowest BCUT2D eigenvalue weighted by Gasteiger charge is -2.15. The Balaban J connectivity index is 1.85. The van der Waals surface area contributed by atoms with Crippen LogP contribution in [0.15, 0.2) is 35.1 Å². The van der Waals surface area contributed by atoms with E-state index in [0.717, 1.165) is 6.07 Å². The van der Waals surface area contributed by atoms with Crippen LogP contribution >= 0.6 is 0 Å². The fourth-order valence-corrected chi connectivity index (χ4v) is 2.60. The van der Waals surface area contributed by atoms with Crippen LogP contribution < -0.4 is 16.0 Å². The van der Waals surface area contributed by atoms with Crippen molar-refractivity contribution >= 4 is 5.91 Å². The highest BCUT2D eigenvalue weighted by Gasteiger charge is 2.36. The summed E-state index contributed by atoms with van der Waals surface area (Å²) in [5.74, 6) is 1.88. The Morgan fingerprint density at radius 1 is 1.31 bits per heavy atom. The first-order chi connectivity index (χ1) is 13.8. The Bertz CT molecular complexity index is 1020. The minimum Gasteiger partial charge on any atom is -0.490 e. The molecule has 0 unspecified atom stereocenters. The number of benzene rings is 1. The Morgan fingerprint density at radius 3 is 2.69 bits per heavy atom. The first kappa shape index (κ1) is 20.3. The average molecular weight is 408 g/mol. The predicted molar refractivity (Wildman–Crippen MR) is 95.0 cm³/mol. The van der Waals surface area contributed by atoms with Gasteiger partial charge in [0, 0.05) is 5.56 Å². The average Bonchev–Trinajstić information content (AvgIpc) is 2.94. The van der Waals surface area contributed by atoms with Gasteiger partial charge >= 0.3 is 6.18 Å². The van der Waals surface area contributed by atoms with Gasteiger partial charge in [0.25, 0.3) is 11.5 Å². The second-order valence-electron chi connectivity index (χ2n) is 6.03. The van der Waals surface area contributed by atoms with Crippen LogP contribution in [0.1, 0.15) is 16.1 Å². The zero-order valence-corrected chi connectivity index (χ0v) is 14.8. The number of alkyl halides is 3. The molecule has 0 bridgehead atoms. The SMILES string of the molecule is NC(=O)c1cc(-c2ccc(OC[C@@H]3COCC#CO3)cc2)c(C(F)(F)F)[nH]c1=O. The van der Waals surface area contributed by atoms with Crippen molar-refractivity contribution in [3.63, 3.8) is 0 Å². The number of nitrogens with two attached hydrogens (primary N) is 1. The van der Waals surface area contributed by atoms with E-state index in [0.29, 0.717) is 5.75 Å². The van der Waals surface area contributed by atoms with Crippen LogP contribution in [0, 0.1) is 12.0 Å². The molecule has 2 heterocycles. The number of hydrogen-bond acceptors (Lipinski definition) is 5. The van der Waals surface area contributed by atoms with Crippen molar-refractivity contribution in [1.82, 2.24) is 4.98 Å². The van der Waals surface area contributed by atoms with Crippen molar-refractivity contribution in [2.45, 2.75) is 12.3 Å². The molecule has 1 atom stereocenters. The fourth-order valence-electron chi connectivity index (χ4n) is 2.60. The minimum atomic E-state index is -4.84. The number of aromatic nitrogens is 1. The summed E-state index contributed by atoms with van der Waals surface area (Å²) < 4.78 is 56.0. The summed E-state index contributed by atoms with van der Waals surface area (Å²) in [5, 5.41) is 0. The molecule has 0 saturated heterocycles. The van der Waals surface area contributed by atoms with Crippen molar-refractivity contribution in [3.8, 4) is 28.9 Å². The van der Waals surface area contributed by atoms with E-state index >= 15 is 0 Å². The first-order valence-corrected chi connectivity index (χ1v) is 8.34. The van der Waals surface area contributed by atoms with Gasteiger partial charge in [-0.15, -0.1) is 0 Å². The van der Waals surface area contributed by atoms with E-state index in [1.165, 1.54) is 24.3 Å². The molecule has 152 valence electrons. The lowest BCUT2D eigenvalue weighted by molar-refractivity contribution is -0.140. The van der Waals surface area contributed by atoms with Crippen LogP contribution in [-0.2, 0) is 15.7 Å². The van der Waals surface area contributed by atoms with Gasteiger partial charge in [-0.3, -0.25) is 9.59 Å². The third-order valence-electron chi connectivity index (χ3n) is 3.97. The number of pyridine rings is 1. The maximum atomic E-state index is 13.3. The summed E-state index contributed by atoms with van der Waals surface area (Å²) in [6, 6.07) is 6.47. The summed E-state index contributed by atoms with van der Waals surface area (Å²) in [5.41, 5.74) is 1.76. The van der Waals surface area contributed by atoms with E-state index < -0.39 is 35.0 Å². The molecule has 1 aromatic heterocycles. The topological polar surface area (TPSA) is 104 Å². The number of ether oxygens (including phenoxy) is 3. The number of carbonyl (C=O) groups is 1. The molecule has 2 aromatic rings. The molecular formula is C19H15F3N2O5. The zero-order chi connectivity index (χ0) is 21.0. The van der Waals surface area contributed by atoms with E-state index in [2.05, 4.69) is 12.0 Å². The molecule has 0 saturated carbocycles. The molecule has 3 N–H and O–H groups in total. The van der Waals surface area contributed by atoms with Gasteiger partial charge in [0.15, 0.2) is 6.10 Å². The Labute approximate surface area is 162 Å². The second-order valence-corrected chi connectivity index (χ2v) is 6.03. The maximum Gasteiger partial charge on any atom is 0.431 e. The molecule has 1 aliphatic rings. The zero-order valence-electron chi connectivity index (χ0n) is 14.8. The number of hydrogen-bond donors (Lipinski definition) is 2. The van der Waals surface area contributed by atoms with Crippen LogP contribution in [0.25, 0.3) is 11.1 Å². The summed E-state index contributed by atoms with van der Waals surface area (Å²) in [6.07, 6.45) is -2.76. The summed E-state index contributed by atoms with van der Waals surface area (Å²) in [6.45, 7) is 0.672. The lowest BCUT2D eigenvalue weighted by Crippen LogP contribution is -2.27. The number of nitrogens with one attached hydrogen (secondary N) is 1. The van der Waals surface area contributed by atoms with Gasteiger partial charge in [-0.25, -0.2) is 0 Å². The van der Waals surface area contributed by atoms with Crippen molar-refractivity contribution in [3.05, 3.63) is 51.9 Å². The van der Waals surface area contributed by atoms with Crippen molar-refractivity contribution in [2.75, 3.05) is 19.8 Å². The van der Waals surface area contributed by atoms with Gasteiger partial charge in [0.1, 0.15) is 36.3 Å². The Hall–Kier alpha value is -3.45. The van der Waals surface area contributed by atoms with Crippen LogP contribution in [0.4, 0.5) is 13.2 Å². The number of rotatable bonds is 5. The fraction of sp³-hybridized carbons (Fsp3) is 0.263. The van der Waals surface area contributed by atoms with Gasteiger partial charge in [-0.2, -0.15) is 13.2 Å². The van der Waals surface area contributed by atoms with Crippen molar-refractivity contribution in [1.29, 1.82) is 0 Å². The summed E-state index contributed by atoms with van der Waals surface area (Å²) in [4.78, 5) is 24.8. The number of primary amides is 1. The maximum absolute atomic E-state index is 13.3. The normalized spacial score (nSPS) is 16.2. The van der Waals surface area contributed by atoms with Gasteiger partial charge in [0.05, 0.1) is 6.61 Å². The third kappa shape index (κ3) is 4.89.